The molecule has 0 saturated heterocycles. The molecule has 0 heterocycles. The number of allylic oxidation sites excluding steroid dienone is 1. The number of hydrogen-bond acceptors (Lipinski definition) is 3. The maximum absolute atomic E-state index is 11.0. The lowest BCUT2D eigenvalue weighted by Gasteiger charge is -2.38. The van der Waals surface area contributed by atoms with E-state index in [-0.39, 0.29) is 11.0 Å². The Bertz CT molecular complexity index is 286. The second-order valence-corrected chi connectivity index (χ2v) is 5.79. The molecule has 0 aromatic heterocycles. The van der Waals surface area contributed by atoms with Gasteiger partial charge in [-0.1, -0.05) is 19.4 Å². The predicted octanol–water partition coefficient (Wildman–Crippen LogP) is 3.22. The summed E-state index contributed by atoms with van der Waals surface area (Å²) in [6.45, 7) is 15.6. The van der Waals surface area contributed by atoms with Gasteiger partial charge in [0, 0.05) is 18.3 Å². The Kier molecular flexibility index (Phi) is 4.91. The normalized spacial score (nSPS) is 11.9. The van der Waals surface area contributed by atoms with Gasteiger partial charge in [0.15, 0.2) is 0 Å². The number of carbonyl (C=O) groups excluding carboxylic acids is 1. The molecule has 0 radical (unpaired) electrons. The zero-order chi connectivity index (χ0) is 13.0. The van der Waals surface area contributed by atoms with Crippen LogP contribution in [0, 0.1) is 5.41 Å². The standard InChI is InChI=1S/C13H24N2O/c1-11(2)8-15(14-7)13(5,6)9-12(3,4)10-16/h8,10H,7,9H2,1-6H3. The fraction of sp³-hybridized carbons (Fsp3) is 0.692. The minimum absolute atomic E-state index is 0.219. The van der Waals surface area contributed by atoms with Crippen molar-refractivity contribution in [3.8, 4) is 0 Å². The zero-order valence-electron chi connectivity index (χ0n) is 11.4. The van der Waals surface area contributed by atoms with Crippen molar-refractivity contribution in [1.82, 2.24) is 5.01 Å². The molecule has 0 rings (SSSR count). The highest BCUT2D eigenvalue weighted by Gasteiger charge is 2.32. The van der Waals surface area contributed by atoms with Crippen molar-refractivity contribution < 1.29 is 4.79 Å². The highest BCUT2D eigenvalue weighted by atomic mass is 16.1. The first-order chi connectivity index (χ1) is 7.14. The number of hydrogen-bond donors (Lipinski definition) is 0. The Hall–Kier alpha value is -1.12. The van der Waals surface area contributed by atoms with Crippen LogP contribution in [-0.4, -0.2) is 23.6 Å². The topological polar surface area (TPSA) is 32.7 Å². The van der Waals surface area contributed by atoms with Crippen LogP contribution in [0.3, 0.4) is 0 Å². The molecule has 16 heavy (non-hydrogen) atoms. The number of hydrazone groups is 1. The highest BCUT2D eigenvalue weighted by molar-refractivity contribution is 5.58. The number of carbonyl (C=O) groups is 1. The molecule has 0 aromatic carbocycles. The van der Waals surface area contributed by atoms with Crippen LogP contribution in [0.5, 0.6) is 0 Å². The van der Waals surface area contributed by atoms with Crippen molar-refractivity contribution in [2.45, 2.75) is 53.5 Å². The van der Waals surface area contributed by atoms with Crippen LogP contribution in [0.4, 0.5) is 0 Å². The van der Waals surface area contributed by atoms with Crippen molar-refractivity contribution in [2.24, 2.45) is 10.5 Å². The SMILES string of the molecule is C=NN(C=C(C)C)C(C)(C)CC(C)(C)C=O. The smallest absolute Gasteiger partial charge is 0.125 e. The lowest BCUT2D eigenvalue weighted by atomic mass is 9.81. The molecule has 0 aromatic rings. The van der Waals surface area contributed by atoms with Crippen molar-refractivity contribution in [3.63, 3.8) is 0 Å². The molecule has 0 fully saturated rings. The lowest BCUT2D eigenvalue weighted by molar-refractivity contribution is -0.116. The second-order valence-electron chi connectivity index (χ2n) is 5.79. The summed E-state index contributed by atoms with van der Waals surface area (Å²) in [5.74, 6) is 0. The average molecular weight is 224 g/mol. The molecule has 0 bridgehead atoms. The van der Waals surface area contributed by atoms with Gasteiger partial charge in [-0.15, -0.1) is 0 Å². The first kappa shape index (κ1) is 14.9. The van der Waals surface area contributed by atoms with E-state index in [0.717, 1.165) is 18.3 Å². The van der Waals surface area contributed by atoms with Crippen LogP contribution in [0.25, 0.3) is 0 Å². The molecule has 0 spiro atoms. The van der Waals surface area contributed by atoms with Gasteiger partial charge in [0.25, 0.3) is 0 Å². The maximum Gasteiger partial charge on any atom is 0.125 e. The molecule has 0 N–H and O–H groups in total. The van der Waals surface area contributed by atoms with Gasteiger partial charge >= 0.3 is 0 Å². The van der Waals surface area contributed by atoms with Crippen LogP contribution in [0.1, 0.15) is 48.0 Å². The van der Waals surface area contributed by atoms with Crippen molar-refractivity contribution in [2.75, 3.05) is 0 Å². The summed E-state index contributed by atoms with van der Waals surface area (Å²) in [5.41, 5.74) is 0.593. The average Bonchev–Trinajstić information content (AvgIpc) is 2.12. The third-order valence-electron chi connectivity index (χ3n) is 2.36. The van der Waals surface area contributed by atoms with E-state index >= 15 is 0 Å². The van der Waals surface area contributed by atoms with E-state index in [1.165, 1.54) is 0 Å². The Morgan fingerprint density at radius 3 is 2.12 bits per heavy atom. The Morgan fingerprint density at radius 1 is 1.31 bits per heavy atom. The lowest BCUT2D eigenvalue weighted by Crippen LogP contribution is -2.41. The molecule has 0 aliphatic heterocycles. The summed E-state index contributed by atoms with van der Waals surface area (Å²) in [6.07, 6.45) is 3.68. The summed E-state index contributed by atoms with van der Waals surface area (Å²) in [5, 5.41) is 5.84. The first-order valence-electron chi connectivity index (χ1n) is 5.52. The van der Waals surface area contributed by atoms with E-state index in [4.69, 9.17) is 0 Å². The van der Waals surface area contributed by atoms with Gasteiger partial charge in [-0.3, -0.25) is 5.01 Å². The molecule has 0 atom stereocenters. The van der Waals surface area contributed by atoms with Crippen LogP contribution in [0.2, 0.25) is 0 Å². The van der Waals surface area contributed by atoms with Gasteiger partial charge in [0.1, 0.15) is 6.29 Å². The van der Waals surface area contributed by atoms with E-state index in [9.17, 15) is 4.79 Å². The van der Waals surface area contributed by atoms with E-state index in [2.05, 4.69) is 25.7 Å². The van der Waals surface area contributed by atoms with Gasteiger partial charge in [0.05, 0.1) is 5.54 Å². The monoisotopic (exact) mass is 224 g/mol. The van der Waals surface area contributed by atoms with Crippen LogP contribution in [-0.2, 0) is 4.79 Å². The van der Waals surface area contributed by atoms with E-state index in [1.807, 2.05) is 38.9 Å². The van der Waals surface area contributed by atoms with Crippen LogP contribution in [0.15, 0.2) is 16.9 Å². The number of aldehydes is 1. The first-order valence-corrected chi connectivity index (χ1v) is 5.52. The number of nitrogens with zero attached hydrogens (tertiary/aromatic N) is 2. The third kappa shape index (κ3) is 4.60. The Labute approximate surface area is 99.2 Å². The summed E-state index contributed by atoms with van der Waals surface area (Å²) in [4.78, 5) is 11.0. The quantitative estimate of drug-likeness (QED) is 0.394. The largest absolute Gasteiger partial charge is 0.303 e. The minimum atomic E-state index is -0.345. The van der Waals surface area contributed by atoms with Crippen molar-refractivity contribution in [1.29, 1.82) is 0 Å². The summed E-state index contributed by atoms with van der Waals surface area (Å²) < 4.78 is 0. The van der Waals surface area contributed by atoms with Crippen LogP contribution < -0.4 is 0 Å². The fourth-order valence-corrected chi connectivity index (χ4v) is 1.89. The van der Waals surface area contributed by atoms with Gasteiger partial charge in [0.2, 0.25) is 0 Å². The molecule has 0 unspecified atom stereocenters. The van der Waals surface area contributed by atoms with Gasteiger partial charge in [-0.25, -0.2) is 0 Å². The molecule has 3 heteroatoms. The second kappa shape index (κ2) is 5.28. The fourth-order valence-electron chi connectivity index (χ4n) is 1.89. The summed E-state index contributed by atoms with van der Waals surface area (Å²) in [7, 11) is 0. The number of rotatable bonds is 6. The highest BCUT2D eigenvalue weighted by Crippen LogP contribution is 2.30. The molecular formula is C13H24N2O. The van der Waals surface area contributed by atoms with E-state index in [1.54, 1.807) is 0 Å². The molecule has 0 amide bonds. The van der Waals surface area contributed by atoms with Gasteiger partial charge in [-0.2, -0.15) is 5.10 Å². The minimum Gasteiger partial charge on any atom is -0.303 e. The zero-order valence-corrected chi connectivity index (χ0v) is 11.4. The summed E-state index contributed by atoms with van der Waals surface area (Å²) >= 11 is 0. The van der Waals surface area contributed by atoms with Gasteiger partial charge < -0.3 is 4.79 Å². The van der Waals surface area contributed by atoms with E-state index < -0.39 is 0 Å². The Morgan fingerprint density at radius 2 is 1.81 bits per heavy atom. The molecule has 3 nitrogen and oxygen atoms in total. The molecule has 0 aliphatic carbocycles. The van der Waals surface area contributed by atoms with Crippen molar-refractivity contribution in [3.05, 3.63) is 11.8 Å². The van der Waals surface area contributed by atoms with Gasteiger partial charge in [-0.05, 0) is 34.1 Å². The Balaban J connectivity index is 4.94. The maximum atomic E-state index is 11.0. The van der Waals surface area contributed by atoms with Crippen LogP contribution >= 0.6 is 0 Å². The predicted molar refractivity (Wildman–Crippen MR) is 69.4 cm³/mol. The summed E-state index contributed by atoms with van der Waals surface area (Å²) in [6, 6.07) is 0. The molecule has 0 saturated carbocycles. The third-order valence-corrected chi connectivity index (χ3v) is 2.36. The molecule has 92 valence electrons. The molecular weight excluding hydrogens is 200 g/mol. The molecule has 0 aliphatic rings. The van der Waals surface area contributed by atoms with Crippen molar-refractivity contribution >= 4 is 13.0 Å². The van der Waals surface area contributed by atoms with E-state index in [0.29, 0.717) is 0 Å².